The highest BCUT2D eigenvalue weighted by molar-refractivity contribution is 5.70. The summed E-state index contributed by atoms with van der Waals surface area (Å²) < 4.78 is 10.9. The highest BCUT2D eigenvalue weighted by Gasteiger charge is 2.15. The predicted molar refractivity (Wildman–Crippen MR) is 66.4 cm³/mol. The van der Waals surface area contributed by atoms with E-state index in [0.717, 1.165) is 30.8 Å². The third-order valence-corrected chi connectivity index (χ3v) is 3.10. The average molecular weight is 250 g/mol. The molecule has 1 atom stereocenters. The fraction of sp³-hybridized carbons (Fsp3) is 0.500. The largest absolute Gasteiger partial charge is 0.481 e. The fourth-order valence-corrected chi connectivity index (χ4v) is 2.08. The van der Waals surface area contributed by atoms with Crippen LogP contribution in [0.5, 0.6) is 0 Å². The highest BCUT2D eigenvalue weighted by atomic mass is 16.5. The number of rotatable bonds is 6. The van der Waals surface area contributed by atoms with Crippen LogP contribution in [0.1, 0.15) is 17.5 Å². The summed E-state index contributed by atoms with van der Waals surface area (Å²) in [6.45, 7) is 2.75. The monoisotopic (exact) mass is 250 g/mol. The van der Waals surface area contributed by atoms with E-state index in [1.807, 2.05) is 24.3 Å². The van der Waals surface area contributed by atoms with Gasteiger partial charge >= 0.3 is 5.97 Å². The Kier molecular flexibility index (Phi) is 4.73. The van der Waals surface area contributed by atoms with Crippen LogP contribution < -0.4 is 0 Å². The van der Waals surface area contributed by atoms with Gasteiger partial charge in [0.1, 0.15) is 0 Å². The van der Waals surface area contributed by atoms with Gasteiger partial charge < -0.3 is 14.6 Å². The summed E-state index contributed by atoms with van der Waals surface area (Å²) in [5.41, 5.74) is 1.78. The van der Waals surface area contributed by atoms with Gasteiger partial charge in [0.15, 0.2) is 0 Å². The molecule has 4 heteroatoms. The second-order valence-electron chi connectivity index (χ2n) is 4.58. The fourth-order valence-electron chi connectivity index (χ4n) is 2.08. The van der Waals surface area contributed by atoms with Gasteiger partial charge in [-0.15, -0.1) is 0 Å². The molecule has 98 valence electrons. The number of carboxylic acid groups (broad SMARTS) is 1. The van der Waals surface area contributed by atoms with Gasteiger partial charge in [0, 0.05) is 12.5 Å². The molecular weight excluding hydrogens is 232 g/mol. The van der Waals surface area contributed by atoms with E-state index in [0.29, 0.717) is 19.1 Å². The number of aliphatic carboxylic acids is 1. The van der Waals surface area contributed by atoms with E-state index in [9.17, 15) is 4.79 Å². The van der Waals surface area contributed by atoms with Crippen LogP contribution in [0.3, 0.4) is 0 Å². The maximum absolute atomic E-state index is 10.7. The average Bonchev–Trinajstić information content (AvgIpc) is 2.84. The second kappa shape index (κ2) is 6.52. The van der Waals surface area contributed by atoms with E-state index in [4.69, 9.17) is 14.6 Å². The minimum Gasteiger partial charge on any atom is -0.481 e. The third-order valence-electron chi connectivity index (χ3n) is 3.10. The lowest BCUT2D eigenvalue weighted by molar-refractivity contribution is -0.136. The van der Waals surface area contributed by atoms with Crippen molar-refractivity contribution in [2.75, 3.05) is 19.8 Å². The Labute approximate surface area is 107 Å². The maximum Gasteiger partial charge on any atom is 0.307 e. The number of ether oxygens (including phenoxy) is 2. The highest BCUT2D eigenvalue weighted by Crippen LogP contribution is 2.15. The zero-order chi connectivity index (χ0) is 12.8. The standard InChI is InChI=1S/C14H18O4/c15-14(16)7-12-3-1-2-4-13(12)10-18-9-11-5-6-17-8-11/h1-4,11H,5-10H2,(H,15,16). The smallest absolute Gasteiger partial charge is 0.307 e. The molecule has 0 amide bonds. The van der Waals surface area contributed by atoms with Gasteiger partial charge in [-0.25, -0.2) is 0 Å². The van der Waals surface area contributed by atoms with Gasteiger partial charge in [0.2, 0.25) is 0 Å². The number of carbonyl (C=O) groups is 1. The van der Waals surface area contributed by atoms with Gasteiger partial charge in [-0.2, -0.15) is 0 Å². The van der Waals surface area contributed by atoms with E-state index < -0.39 is 5.97 Å². The van der Waals surface area contributed by atoms with Gasteiger partial charge in [0.25, 0.3) is 0 Å². The Hall–Kier alpha value is -1.39. The summed E-state index contributed by atoms with van der Waals surface area (Å²) in [6, 6.07) is 7.52. The molecule has 0 aliphatic carbocycles. The minimum atomic E-state index is -0.813. The Morgan fingerprint density at radius 2 is 2.17 bits per heavy atom. The molecule has 1 aliphatic rings. The molecule has 0 bridgehead atoms. The molecule has 1 aromatic rings. The van der Waals surface area contributed by atoms with Crippen molar-refractivity contribution in [1.82, 2.24) is 0 Å². The van der Waals surface area contributed by atoms with Crippen LogP contribution in [0.15, 0.2) is 24.3 Å². The van der Waals surface area contributed by atoms with Crippen LogP contribution in [0, 0.1) is 5.92 Å². The Morgan fingerprint density at radius 3 is 2.83 bits per heavy atom. The topological polar surface area (TPSA) is 55.8 Å². The van der Waals surface area contributed by atoms with Crippen molar-refractivity contribution in [2.45, 2.75) is 19.4 Å². The molecule has 1 fully saturated rings. The first kappa shape index (κ1) is 13.1. The molecule has 1 N–H and O–H groups in total. The Balaban J connectivity index is 1.85. The molecule has 0 aromatic heterocycles. The molecule has 1 aliphatic heterocycles. The van der Waals surface area contributed by atoms with Crippen LogP contribution in [0.25, 0.3) is 0 Å². The van der Waals surface area contributed by atoms with E-state index in [1.54, 1.807) is 0 Å². The lowest BCUT2D eigenvalue weighted by Gasteiger charge is -2.11. The molecule has 0 spiro atoms. The lowest BCUT2D eigenvalue weighted by Crippen LogP contribution is -2.10. The van der Waals surface area contributed by atoms with Crippen LogP contribution in [-0.2, 0) is 27.3 Å². The van der Waals surface area contributed by atoms with Gasteiger partial charge in [-0.05, 0) is 17.5 Å². The quantitative estimate of drug-likeness (QED) is 0.837. The summed E-state index contributed by atoms with van der Waals surface area (Å²) >= 11 is 0. The van der Waals surface area contributed by atoms with Crippen molar-refractivity contribution < 1.29 is 19.4 Å². The van der Waals surface area contributed by atoms with Gasteiger partial charge in [-0.3, -0.25) is 4.79 Å². The zero-order valence-corrected chi connectivity index (χ0v) is 10.3. The van der Waals surface area contributed by atoms with Gasteiger partial charge in [-0.1, -0.05) is 24.3 Å². The van der Waals surface area contributed by atoms with Crippen molar-refractivity contribution in [3.05, 3.63) is 35.4 Å². The number of benzene rings is 1. The number of hydrogen-bond acceptors (Lipinski definition) is 3. The summed E-state index contributed by atoms with van der Waals surface area (Å²) in [6.07, 6.45) is 1.10. The third kappa shape index (κ3) is 3.82. The van der Waals surface area contributed by atoms with Crippen LogP contribution in [-0.4, -0.2) is 30.9 Å². The van der Waals surface area contributed by atoms with E-state index in [-0.39, 0.29) is 6.42 Å². The molecule has 1 heterocycles. The molecule has 1 unspecified atom stereocenters. The van der Waals surface area contributed by atoms with Crippen molar-refractivity contribution in [1.29, 1.82) is 0 Å². The van der Waals surface area contributed by atoms with Crippen LogP contribution >= 0.6 is 0 Å². The Morgan fingerprint density at radius 1 is 1.39 bits per heavy atom. The van der Waals surface area contributed by atoms with E-state index >= 15 is 0 Å². The summed E-state index contributed by atoms with van der Waals surface area (Å²) in [4.78, 5) is 10.7. The molecule has 2 rings (SSSR count). The summed E-state index contributed by atoms with van der Waals surface area (Å²) in [7, 11) is 0. The molecule has 0 saturated carbocycles. The molecule has 18 heavy (non-hydrogen) atoms. The van der Waals surface area contributed by atoms with Crippen molar-refractivity contribution in [3.8, 4) is 0 Å². The SMILES string of the molecule is O=C(O)Cc1ccccc1COCC1CCOC1. The van der Waals surface area contributed by atoms with Crippen molar-refractivity contribution >= 4 is 5.97 Å². The van der Waals surface area contributed by atoms with Gasteiger partial charge in [0.05, 0.1) is 26.2 Å². The zero-order valence-electron chi connectivity index (χ0n) is 10.3. The van der Waals surface area contributed by atoms with Crippen molar-refractivity contribution in [3.63, 3.8) is 0 Å². The number of carboxylic acids is 1. The first-order valence-corrected chi connectivity index (χ1v) is 6.20. The van der Waals surface area contributed by atoms with Crippen LogP contribution in [0.2, 0.25) is 0 Å². The van der Waals surface area contributed by atoms with Crippen molar-refractivity contribution in [2.24, 2.45) is 5.92 Å². The molecule has 1 aromatic carbocycles. The first-order chi connectivity index (χ1) is 8.75. The van der Waals surface area contributed by atoms with E-state index in [1.165, 1.54) is 0 Å². The Bertz CT molecular complexity index is 397. The molecule has 4 nitrogen and oxygen atoms in total. The lowest BCUT2D eigenvalue weighted by atomic mass is 10.1. The molecule has 0 radical (unpaired) electrons. The summed E-state index contributed by atoms with van der Waals surface area (Å²) in [5, 5.41) is 8.83. The predicted octanol–water partition coefficient (Wildman–Crippen LogP) is 1.87. The second-order valence-corrected chi connectivity index (χ2v) is 4.58. The molecule has 1 saturated heterocycles. The first-order valence-electron chi connectivity index (χ1n) is 6.20. The van der Waals surface area contributed by atoms with E-state index in [2.05, 4.69) is 0 Å². The number of hydrogen-bond donors (Lipinski definition) is 1. The summed E-state index contributed by atoms with van der Waals surface area (Å²) in [5.74, 6) is -0.330. The minimum absolute atomic E-state index is 0.0477. The normalized spacial score (nSPS) is 19.0. The molecular formula is C14H18O4. The maximum atomic E-state index is 10.7. The van der Waals surface area contributed by atoms with Crippen LogP contribution in [0.4, 0.5) is 0 Å².